The minimum absolute atomic E-state index is 0.137. The number of hydrogen-bond acceptors (Lipinski definition) is 5. The van der Waals surface area contributed by atoms with Gasteiger partial charge >= 0.3 is 0 Å². The molecule has 2 aromatic rings. The van der Waals surface area contributed by atoms with E-state index in [-0.39, 0.29) is 30.3 Å². The maximum atomic E-state index is 14.8. The molecular formula is C27H34FN3O4. The van der Waals surface area contributed by atoms with E-state index in [1.807, 2.05) is 45.0 Å². The summed E-state index contributed by atoms with van der Waals surface area (Å²) in [5.74, 6) is -0.260. The Labute approximate surface area is 206 Å². The van der Waals surface area contributed by atoms with E-state index < -0.39 is 11.9 Å². The highest BCUT2D eigenvalue weighted by atomic mass is 19.1. The largest absolute Gasteiger partial charge is 0.497 e. The van der Waals surface area contributed by atoms with Crippen LogP contribution in [0.3, 0.4) is 0 Å². The maximum Gasteiger partial charge on any atom is 0.262 e. The lowest BCUT2D eigenvalue weighted by Crippen LogP contribution is -2.43. The van der Waals surface area contributed by atoms with E-state index in [4.69, 9.17) is 9.47 Å². The molecule has 8 heteroatoms. The Morgan fingerprint density at radius 1 is 1.14 bits per heavy atom. The summed E-state index contributed by atoms with van der Waals surface area (Å²) in [6, 6.07) is 13.2. The lowest BCUT2D eigenvalue weighted by molar-refractivity contribution is -0.143. The van der Waals surface area contributed by atoms with Crippen molar-refractivity contribution in [2.45, 2.75) is 39.7 Å². The van der Waals surface area contributed by atoms with E-state index >= 15 is 0 Å². The lowest BCUT2D eigenvalue weighted by Gasteiger charge is -2.29. The highest BCUT2D eigenvalue weighted by molar-refractivity contribution is 6.03. The van der Waals surface area contributed by atoms with Crippen molar-refractivity contribution in [2.75, 3.05) is 33.9 Å². The van der Waals surface area contributed by atoms with Crippen LogP contribution in [0.15, 0.2) is 53.6 Å². The SMILES string of the molecule is COCCN(CC(=O)N1N=C(c2cccc(OC)c2)C[C@@H]1c1ccccc1F)C(=O)CC(C)(C)C. The van der Waals surface area contributed by atoms with Crippen molar-refractivity contribution in [3.63, 3.8) is 0 Å². The van der Waals surface area contributed by atoms with Crippen molar-refractivity contribution in [1.29, 1.82) is 0 Å². The van der Waals surface area contributed by atoms with Gasteiger partial charge in [-0.1, -0.05) is 51.1 Å². The number of hydrogen-bond donors (Lipinski definition) is 0. The quantitative estimate of drug-likeness (QED) is 0.529. The van der Waals surface area contributed by atoms with Crippen molar-refractivity contribution < 1.29 is 23.5 Å². The van der Waals surface area contributed by atoms with Gasteiger partial charge in [0.05, 0.1) is 25.5 Å². The van der Waals surface area contributed by atoms with Gasteiger partial charge in [0.1, 0.15) is 18.1 Å². The van der Waals surface area contributed by atoms with Gasteiger partial charge in [-0.25, -0.2) is 9.40 Å². The second-order valence-corrected chi connectivity index (χ2v) is 9.80. The third-order valence-corrected chi connectivity index (χ3v) is 5.76. The van der Waals surface area contributed by atoms with E-state index in [1.54, 1.807) is 32.4 Å². The predicted octanol–water partition coefficient (Wildman–Crippen LogP) is 4.42. The van der Waals surface area contributed by atoms with E-state index in [0.29, 0.717) is 36.5 Å². The fraction of sp³-hybridized carbons (Fsp3) is 0.444. The molecule has 0 N–H and O–H groups in total. The number of amides is 2. The van der Waals surface area contributed by atoms with Gasteiger partial charge in [-0.2, -0.15) is 5.10 Å². The monoisotopic (exact) mass is 483 g/mol. The Balaban J connectivity index is 1.92. The van der Waals surface area contributed by atoms with Gasteiger partial charge in [0.15, 0.2) is 0 Å². The molecule has 35 heavy (non-hydrogen) atoms. The first-order valence-electron chi connectivity index (χ1n) is 11.7. The fourth-order valence-electron chi connectivity index (χ4n) is 4.00. The van der Waals surface area contributed by atoms with Gasteiger partial charge in [-0.05, 0) is 23.6 Å². The first-order valence-corrected chi connectivity index (χ1v) is 11.7. The van der Waals surface area contributed by atoms with Crippen LogP contribution < -0.4 is 4.74 Å². The number of carbonyl (C=O) groups excluding carboxylic acids is 2. The van der Waals surface area contributed by atoms with Crippen LogP contribution in [-0.4, -0.2) is 61.4 Å². The minimum atomic E-state index is -0.619. The number of carbonyl (C=O) groups is 2. The molecule has 0 radical (unpaired) electrons. The van der Waals surface area contributed by atoms with Crippen LogP contribution in [0.5, 0.6) is 5.75 Å². The van der Waals surface area contributed by atoms with Crippen molar-refractivity contribution in [3.8, 4) is 5.75 Å². The molecule has 0 saturated heterocycles. The van der Waals surface area contributed by atoms with Gasteiger partial charge in [-0.15, -0.1) is 0 Å². The van der Waals surface area contributed by atoms with E-state index in [2.05, 4.69) is 5.10 Å². The van der Waals surface area contributed by atoms with Crippen LogP contribution in [0.25, 0.3) is 0 Å². The van der Waals surface area contributed by atoms with Crippen LogP contribution in [0.2, 0.25) is 0 Å². The van der Waals surface area contributed by atoms with E-state index in [0.717, 1.165) is 5.56 Å². The van der Waals surface area contributed by atoms with Crippen LogP contribution in [0.4, 0.5) is 4.39 Å². The molecule has 0 bridgehead atoms. The Hall–Kier alpha value is -3.26. The molecule has 1 aliphatic rings. The molecule has 3 rings (SSSR count). The average molecular weight is 484 g/mol. The zero-order valence-electron chi connectivity index (χ0n) is 21.1. The zero-order chi connectivity index (χ0) is 25.6. The summed E-state index contributed by atoms with van der Waals surface area (Å²) in [5.41, 5.74) is 1.59. The van der Waals surface area contributed by atoms with Crippen molar-refractivity contribution in [3.05, 3.63) is 65.5 Å². The number of hydrazone groups is 1. The maximum absolute atomic E-state index is 14.8. The van der Waals surface area contributed by atoms with Gasteiger partial charge in [0, 0.05) is 37.6 Å². The standard InChI is InChI=1S/C27H34FN3O4/c1-27(2,3)17-25(32)30(13-14-34-4)18-26(33)31-24(21-11-6-7-12-22(21)28)16-23(29-31)19-9-8-10-20(15-19)35-5/h6-12,15,24H,13-14,16-18H2,1-5H3/t24-/m1/s1. The molecule has 0 aromatic heterocycles. The molecule has 0 saturated carbocycles. The summed E-state index contributed by atoms with van der Waals surface area (Å²) in [7, 11) is 3.13. The Bertz CT molecular complexity index is 1080. The van der Waals surface area contributed by atoms with Crippen molar-refractivity contribution in [2.24, 2.45) is 10.5 Å². The second kappa shape index (κ2) is 11.4. The average Bonchev–Trinajstić information content (AvgIpc) is 3.26. The number of nitrogens with zero attached hydrogens (tertiary/aromatic N) is 3. The molecule has 0 aliphatic carbocycles. The smallest absolute Gasteiger partial charge is 0.262 e. The summed E-state index contributed by atoms with van der Waals surface area (Å²) in [6.07, 6.45) is 0.632. The van der Waals surface area contributed by atoms with Crippen LogP contribution >= 0.6 is 0 Å². The third-order valence-electron chi connectivity index (χ3n) is 5.76. The van der Waals surface area contributed by atoms with Gasteiger partial charge in [0.25, 0.3) is 5.91 Å². The van der Waals surface area contributed by atoms with Crippen molar-refractivity contribution in [1.82, 2.24) is 9.91 Å². The predicted molar refractivity (Wildman–Crippen MR) is 133 cm³/mol. The van der Waals surface area contributed by atoms with Crippen molar-refractivity contribution >= 4 is 17.5 Å². The van der Waals surface area contributed by atoms with E-state index in [9.17, 15) is 14.0 Å². The summed E-state index contributed by atoms with van der Waals surface area (Å²) in [6.45, 7) is 6.33. The molecule has 0 unspecified atom stereocenters. The van der Waals surface area contributed by atoms with Gasteiger partial charge in [-0.3, -0.25) is 9.59 Å². The number of methoxy groups -OCH3 is 2. The molecule has 0 spiro atoms. The molecule has 1 heterocycles. The second-order valence-electron chi connectivity index (χ2n) is 9.80. The Kier molecular flexibility index (Phi) is 8.62. The molecule has 7 nitrogen and oxygen atoms in total. The third kappa shape index (κ3) is 6.88. The number of halogens is 1. The first-order chi connectivity index (χ1) is 16.6. The summed E-state index contributed by atoms with van der Waals surface area (Å²) >= 11 is 0. The number of ether oxygens (including phenoxy) is 2. The topological polar surface area (TPSA) is 71.4 Å². The normalized spacial score (nSPS) is 15.7. The molecular weight excluding hydrogens is 449 g/mol. The highest BCUT2D eigenvalue weighted by Crippen LogP contribution is 2.35. The molecule has 1 atom stereocenters. The number of benzene rings is 2. The van der Waals surface area contributed by atoms with E-state index in [1.165, 1.54) is 16.0 Å². The zero-order valence-corrected chi connectivity index (χ0v) is 21.1. The molecule has 2 amide bonds. The molecule has 0 fully saturated rings. The van der Waals surface area contributed by atoms with Crippen LogP contribution in [-0.2, 0) is 14.3 Å². The molecule has 188 valence electrons. The number of rotatable bonds is 9. The van der Waals surface area contributed by atoms with Gasteiger partial charge < -0.3 is 14.4 Å². The van der Waals surface area contributed by atoms with Crippen LogP contribution in [0, 0.1) is 11.2 Å². The van der Waals surface area contributed by atoms with Gasteiger partial charge in [0.2, 0.25) is 5.91 Å². The summed E-state index contributed by atoms with van der Waals surface area (Å²) in [5, 5.41) is 5.93. The first kappa shape index (κ1) is 26.3. The molecule has 1 aliphatic heterocycles. The summed E-state index contributed by atoms with van der Waals surface area (Å²) < 4.78 is 25.3. The minimum Gasteiger partial charge on any atom is -0.497 e. The Morgan fingerprint density at radius 3 is 2.54 bits per heavy atom. The fourth-order valence-corrected chi connectivity index (χ4v) is 4.00. The summed E-state index contributed by atoms with van der Waals surface area (Å²) in [4.78, 5) is 28.0. The highest BCUT2D eigenvalue weighted by Gasteiger charge is 2.36. The Morgan fingerprint density at radius 2 is 1.89 bits per heavy atom. The van der Waals surface area contributed by atoms with Crippen LogP contribution in [0.1, 0.15) is 50.8 Å². The lowest BCUT2D eigenvalue weighted by atomic mass is 9.91. The molecule has 2 aromatic carbocycles.